The van der Waals surface area contributed by atoms with Gasteiger partial charge in [0.1, 0.15) is 5.82 Å². The van der Waals surface area contributed by atoms with E-state index in [1.165, 1.54) is 6.07 Å². The molecule has 0 unspecified atom stereocenters. The number of nitrogens with two attached hydrogens (primary N) is 1. The Hall–Kier alpha value is -0.890. The van der Waals surface area contributed by atoms with Crippen LogP contribution in [0.3, 0.4) is 0 Å². The summed E-state index contributed by atoms with van der Waals surface area (Å²) in [6.07, 6.45) is 0.811. The van der Waals surface area contributed by atoms with Crippen LogP contribution in [0.4, 0.5) is 15.8 Å². The molecule has 0 aliphatic rings. The molecule has 0 saturated carbocycles. The minimum atomic E-state index is -0.252. The molecular weight excluding hydrogens is 364 g/mol. The highest BCUT2D eigenvalue weighted by molar-refractivity contribution is 14.1. The van der Waals surface area contributed by atoms with E-state index < -0.39 is 0 Å². The first-order valence-electron chi connectivity index (χ1n) is 5.45. The van der Waals surface area contributed by atoms with Gasteiger partial charge in [-0.15, -0.1) is 11.3 Å². The molecule has 18 heavy (non-hydrogen) atoms. The van der Waals surface area contributed by atoms with Crippen LogP contribution in [-0.2, 0) is 6.42 Å². The predicted molar refractivity (Wildman–Crippen MR) is 82.6 cm³/mol. The van der Waals surface area contributed by atoms with Crippen molar-refractivity contribution in [2.45, 2.75) is 13.3 Å². The van der Waals surface area contributed by atoms with E-state index in [0.717, 1.165) is 17.1 Å². The first kappa shape index (κ1) is 13.5. The van der Waals surface area contributed by atoms with Gasteiger partial charge in [0.05, 0.1) is 20.0 Å². The fourth-order valence-electron chi connectivity index (χ4n) is 1.54. The summed E-state index contributed by atoms with van der Waals surface area (Å²) in [4.78, 5) is 4.37. The molecule has 0 aliphatic carbocycles. The number of nitrogen functional groups attached to an aromatic ring is 1. The van der Waals surface area contributed by atoms with Crippen LogP contribution in [0.1, 0.15) is 10.7 Å². The molecule has 96 valence electrons. The molecule has 2 rings (SSSR count). The number of nitrogens with one attached hydrogen (secondary N) is 1. The summed E-state index contributed by atoms with van der Waals surface area (Å²) >= 11 is 3.56. The Balaban J connectivity index is 1.96. The zero-order valence-corrected chi connectivity index (χ0v) is 12.8. The number of benzene rings is 1. The van der Waals surface area contributed by atoms with Gasteiger partial charge in [-0.25, -0.2) is 9.37 Å². The van der Waals surface area contributed by atoms with Crippen LogP contribution in [0.5, 0.6) is 0 Å². The van der Waals surface area contributed by atoms with E-state index in [-0.39, 0.29) is 5.82 Å². The predicted octanol–water partition coefficient (Wildman–Crippen LogP) is 3.43. The molecule has 0 aliphatic heterocycles. The second kappa shape index (κ2) is 5.83. The molecule has 1 heterocycles. The Bertz CT molecular complexity index is 556. The van der Waals surface area contributed by atoms with Gasteiger partial charge in [-0.05, 0) is 35.6 Å². The number of nitrogens with zero attached hydrogens (tertiary/aromatic N) is 1. The molecule has 1 aromatic carbocycles. The van der Waals surface area contributed by atoms with Gasteiger partial charge in [-0.3, -0.25) is 0 Å². The van der Waals surface area contributed by atoms with Gasteiger partial charge >= 0.3 is 0 Å². The molecule has 0 spiro atoms. The Morgan fingerprint density at radius 1 is 1.50 bits per heavy atom. The highest BCUT2D eigenvalue weighted by Crippen LogP contribution is 2.24. The molecule has 0 fully saturated rings. The normalized spacial score (nSPS) is 10.6. The lowest BCUT2D eigenvalue weighted by Crippen LogP contribution is -2.07. The van der Waals surface area contributed by atoms with E-state index in [0.29, 0.717) is 21.5 Å². The molecule has 0 saturated heterocycles. The van der Waals surface area contributed by atoms with Crippen molar-refractivity contribution in [3.63, 3.8) is 0 Å². The van der Waals surface area contributed by atoms with Crippen molar-refractivity contribution in [3.8, 4) is 0 Å². The Kier molecular flexibility index (Phi) is 4.39. The Morgan fingerprint density at radius 3 is 2.94 bits per heavy atom. The van der Waals surface area contributed by atoms with Gasteiger partial charge in [-0.2, -0.15) is 0 Å². The van der Waals surface area contributed by atoms with Gasteiger partial charge in [-0.1, -0.05) is 0 Å². The van der Waals surface area contributed by atoms with Crippen molar-refractivity contribution in [2.24, 2.45) is 0 Å². The lowest BCUT2D eigenvalue weighted by Gasteiger charge is -2.09. The van der Waals surface area contributed by atoms with Gasteiger partial charge in [0, 0.05) is 30.1 Å². The number of rotatable bonds is 4. The van der Waals surface area contributed by atoms with Crippen LogP contribution in [0.25, 0.3) is 0 Å². The van der Waals surface area contributed by atoms with Crippen LogP contribution in [-0.4, -0.2) is 11.5 Å². The molecule has 1 aromatic heterocycles. The minimum absolute atomic E-state index is 0.252. The first-order valence-corrected chi connectivity index (χ1v) is 7.41. The zero-order chi connectivity index (χ0) is 13.1. The second-order valence-electron chi connectivity index (χ2n) is 3.91. The minimum Gasteiger partial charge on any atom is -0.397 e. The third kappa shape index (κ3) is 3.32. The largest absolute Gasteiger partial charge is 0.397 e. The van der Waals surface area contributed by atoms with E-state index >= 15 is 0 Å². The van der Waals surface area contributed by atoms with Gasteiger partial charge in [0.2, 0.25) is 0 Å². The van der Waals surface area contributed by atoms with Crippen molar-refractivity contribution in [1.82, 2.24) is 4.98 Å². The molecule has 0 amide bonds. The Morgan fingerprint density at radius 2 is 2.28 bits per heavy atom. The maximum atomic E-state index is 13.4. The van der Waals surface area contributed by atoms with Crippen molar-refractivity contribution in [3.05, 3.63) is 37.6 Å². The molecular formula is C12H13FIN3S. The first-order chi connectivity index (χ1) is 8.56. The SMILES string of the molecule is Cc1csc(CCNc2cc(F)c(I)cc2N)n1. The fourth-order valence-corrected chi connectivity index (χ4v) is 2.80. The second-order valence-corrected chi connectivity index (χ2v) is 6.02. The van der Waals surface area contributed by atoms with Crippen LogP contribution in [0.2, 0.25) is 0 Å². The molecule has 2 aromatic rings. The zero-order valence-electron chi connectivity index (χ0n) is 9.84. The monoisotopic (exact) mass is 377 g/mol. The summed E-state index contributed by atoms with van der Waals surface area (Å²) in [6.45, 7) is 2.66. The smallest absolute Gasteiger partial charge is 0.138 e. The third-order valence-corrected chi connectivity index (χ3v) is 4.27. The lowest BCUT2D eigenvalue weighted by molar-refractivity contribution is 0.621. The molecule has 0 radical (unpaired) electrons. The van der Waals surface area contributed by atoms with Crippen LogP contribution < -0.4 is 11.1 Å². The Labute approximate surface area is 123 Å². The molecule has 3 N–H and O–H groups in total. The number of hydrogen-bond acceptors (Lipinski definition) is 4. The molecule has 6 heteroatoms. The maximum Gasteiger partial charge on any atom is 0.138 e. The molecule has 3 nitrogen and oxygen atoms in total. The van der Waals surface area contributed by atoms with Crippen LogP contribution in [0.15, 0.2) is 17.5 Å². The average Bonchev–Trinajstić information content (AvgIpc) is 2.71. The van der Waals surface area contributed by atoms with E-state index in [2.05, 4.69) is 10.3 Å². The lowest BCUT2D eigenvalue weighted by atomic mass is 10.2. The average molecular weight is 377 g/mol. The number of aromatic nitrogens is 1. The summed E-state index contributed by atoms with van der Waals surface area (Å²) in [5, 5.41) is 6.23. The van der Waals surface area contributed by atoms with Crippen molar-refractivity contribution in [1.29, 1.82) is 0 Å². The van der Waals surface area contributed by atoms with Crippen molar-refractivity contribution >= 4 is 45.3 Å². The van der Waals surface area contributed by atoms with Crippen molar-refractivity contribution in [2.75, 3.05) is 17.6 Å². The van der Waals surface area contributed by atoms with E-state index in [4.69, 9.17) is 5.73 Å². The molecule has 0 atom stereocenters. The fraction of sp³-hybridized carbons (Fsp3) is 0.250. The highest BCUT2D eigenvalue weighted by atomic mass is 127. The summed E-state index contributed by atoms with van der Waals surface area (Å²) in [5.74, 6) is -0.252. The summed E-state index contributed by atoms with van der Waals surface area (Å²) in [5.41, 5.74) is 8.07. The van der Waals surface area contributed by atoms with Crippen LogP contribution in [0, 0.1) is 16.3 Å². The summed E-state index contributed by atoms with van der Waals surface area (Å²) in [6, 6.07) is 3.07. The van der Waals surface area contributed by atoms with E-state index in [1.807, 2.05) is 34.9 Å². The van der Waals surface area contributed by atoms with Gasteiger partial charge in [0.25, 0.3) is 0 Å². The van der Waals surface area contributed by atoms with E-state index in [9.17, 15) is 4.39 Å². The number of aryl methyl sites for hydroxylation is 1. The van der Waals surface area contributed by atoms with E-state index in [1.54, 1.807) is 17.4 Å². The quantitative estimate of drug-likeness (QED) is 0.634. The number of hydrogen-bond donors (Lipinski definition) is 2. The topological polar surface area (TPSA) is 50.9 Å². The standard InChI is InChI=1S/C12H13FIN3S/c1-7-6-18-12(17-7)2-3-16-11-4-8(13)9(14)5-10(11)15/h4-6,16H,2-3,15H2,1H3. The summed E-state index contributed by atoms with van der Waals surface area (Å²) < 4.78 is 13.9. The number of anilines is 2. The van der Waals surface area contributed by atoms with Crippen LogP contribution >= 0.6 is 33.9 Å². The maximum absolute atomic E-state index is 13.4. The third-order valence-electron chi connectivity index (χ3n) is 2.41. The van der Waals surface area contributed by atoms with Crippen molar-refractivity contribution < 1.29 is 4.39 Å². The highest BCUT2D eigenvalue weighted by Gasteiger charge is 2.06. The van der Waals surface area contributed by atoms with Gasteiger partial charge < -0.3 is 11.1 Å². The number of halogens is 2. The van der Waals surface area contributed by atoms with Gasteiger partial charge in [0.15, 0.2) is 0 Å². The molecule has 0 bridgehead atoms. The summed E-state index contributed by atoms with van der Waals surface area (Å²) in [7, 11) is 0. The number of thiazole rings is 1.